The largest absolute Gasteiger partial charge is 0.394 e. The quantitative estimate of drug-likeness (QED) is 0.501. The van der Waals surface area contributed by atoms with Gasteiger partial charge < -0.3 is 13.6 Å². The number of hydrogen-bond donors (Lipinski definition) is 0. The van der Waals surface area contributed by atoms with Gasteiger partial charge in [0.15, 0.2) is 0 Å². The standard InChI is InChI=1S/C15H30O3Si/c1-5-9-16-19(4,17-10-6-2)12(3)13-7-8-14-15(11-13)18-14/h12-15H,5-11H2,1-4H3. The van der Waals surface area contributed by atoms with Gasteiger partial charge in [-0.1, -0.05) is 20.8 Å². The first-order chi connectivity index (χ1) is 9.10. The summed E-state index contributed by atoms with van der Waals surface area (Å²) in [5.41, 5.74) is 0.566. The molecular weight excluding hydrogens is 256 g/mol. The Bertz CT molecular complexity index is 277. The molecule has 2 rings (SSSR count). The molecule has 1 saturated heterocycles. The highest BCUT2D eigenvalue weighted by Gasteiger charge is 2.50. The maximum Gasteiger partial charge on any atom is 0.338 e. The summed E-state index contributed by atoms with van der Waals surface area (Å²) in [6.07, 6.45) is 7.04. The van der Waals surface area contributed by atoms with Crippen molar-refractivity contribution in [2.24, 2.45) is 5.92 Å². The molecule has 1 saturated carbocycles. The molecule has 4 heteroatoms. The van der Waals surface area contributed by atoms with Gasteiger partial charge in [-0.3, -0.25) is 0 Å². The molecule has 19 heavy (non-hydrogen) atoms. The first kappa shape index (κ1) is 15.5. The normalized spacial score (nSPS) is 31.9. The maximum absolute atomic E-state index is 6.22. The van der Waals surface area contributed by atoms with Gasteiger partial charge in [-0.25, -0.2) is 0 Å². The van der Waals surface area contributed by atoms with Crippen LogP contribution in [0.15, 0.2) is 0 Å². The minimum atomic E-state index is -2.05. The van der Waals surface area contributed by atoms with E-state index in [1.807, 2.05) is 0 Å². The fraction of sp³-hybridized carbons (Fsp3) is 1.00. The van der Waals surface area contributed by atoms with E-state index in [1.54, 1.807) is 0 Å². The van der Waals surface area contributed by atoms with Crippen LogP contribution in [0.3, 0.4) is 0 Å². The van der Waals surface area contributed by atoms with Crippen LogP contribution in [0, 0.1) is 5.92 Å². The molecule has 4 unspecified atom stereocenters. The Hall–Kier alpha value is 0.0969. The van der Waals surface area contributed by atoms with E-state index in [0.717, 1.165) is 32.0 Å². The zero-order valence-electron chi connectivity index (χ0n) is 13.0. The summed E-state index contributed by atoms with van der Waals surface area (Å²) in [4.78, 5) is 0. The molecule has 0 amide bonds. The van der Waals surface area contributed by atoms with Crippen LogP contribution in [0.1, 0.15) is 52.9 Å². The lowest BCUT2D eigenvalue weighted by Gasteiger charge is -2.38. The molecule has 0 aromatic rings. The first-order valence-electron chi connectivity index (χ1n) is 8.04. The SMILES string of the molecule is CCCO[Si](C)(OCCC)C(C)C1CCC2OC2C1. The molecule has 1 heterocycles. The summed E-state index contributed by atoms with van der Waals surface area (Å²) >= 11 is 0. The Morgan fingerprint density at radius 1 is 1.11 bits per heavy atom. The summed E-state index contributed by atoms with van der Waals surface area (Å²) in [5.74, 6) is 0.731. The monoisotopic (exact) mass is 286 g/mol. The fourth-order valence-electron chi connectivity index (χ4n) is 3.23. The van der Waals surface area contributed by atoms with Crippen LogP contribution < -0.4 is 0 Å². The molecule has 0 radical (unpaired) electrons. The van der Waals surface area contributed by atoms with Crippen molar-refractivity contribution in [2.45, 2.75) is 77.2 Å². The van der Waals surface area contributed by atoms with Crippen molar-refractivity contribution >= 4 is 8.56 Å². The molecule has 3 nitrogen and oxygen atoms in total. The van der Waals surface area contributed by atoms with E-state index in [2.05, 4.69) is 27.3 Å². The minimum absolute atomic E-state index is 0.553. The molecule has 2 aliphatic rings. The number of fused-ring (bicyclic) bond motifs is 1. The Balaban J connectivity index is 1.94. The van der Waals surface area contributed by atoms with E-state index in [4.69, 9.17) is 13.6 Å². The maximum atomic E-state index is 6.22. The van der Waals surface area contributed by atoms with Gasteiger partial charge in [0.1, 0.15) is 0 Å². The predicted molar refractivity (Wildman–Crippen MR) is 79.5 cm³/mol. The zero-order valence-corrected chi connectivity index (χ0v) is 14.0. The van der Waals surface area contributed by atoms with E-state index in [1.165, 1.54) is 19.3 Å². The molecule has 0 aromatic heterocycles. The molecule has 1 aliphatic heterocycles. The lowest BCUT2D eigenvalue weighted by Crippen LogP contribution is -2.46. The summed E-state index contributed by atoms with van der Waals surface area (Å²) in [5, 5.41) is 0. The van der Waals surface area contributed by atoms with Crippen LogP contribution in [0.4, 0.5) is 0 Å². The Morgan fingerprint density at radius 2 is 1.74 bits per heavy atom. The molecular formula is C15H30O3Si. The van der Waals surface area contributed by atoms with Crippen molar-refractivity contribution in [1.29, 1.82) is 0 Å². The molecule has 4 atom stereocenters. The summed E-state index contributed by atoms with van der Waals surface area (Å²) in [6.45, 7) is 10.6. The second-order valence-electron chi connectivity index (χ2n) is 6.29. The Labute approximate surface area is 119 Å². The van der Waals surface area contributed by atoms with Crippen molar-refractivity contribution in [2.75, 3.05) is 13.2 Å². The third-order valence-corrected chi connectivity index (χ3v) is 8.44. The predicted octanol–water partition coefficient (Wildman–Crippen LogP) is 3.87. The van der Waals surface area contributed by atoms with Crippen LogP contribution in [-0.2, 0) is 13.6 Å². The van der Waals surface area contributed by atoms with Crippen LogP contribution >= 0.6 is 0 Å². The smallest absolute Gasteiger partial charge is 0.338 e. The van der Waals surface area contributed by atoms with Crippen molar-refractivity contribution in [3.63, 3.8) is 0 Å². The highest BCUT2D eigenvalue weighted by molar-refractivity contribution is 6.67. The first-order valence-corrected chi connectivity index (χ1v) is 10.4. The van der Waals surface area contributed by atoms with Crippen LogP contribution in [0.2, 0.25) is 12.1 Å². The van der Waals surface area contributed by atoms with Crippen LogP contribution in [0.5, 0.6) is 0 Å². The Morgan fingerprint density at radius 3 is 2.26 bits per heavy atom. The Kier molecular flexibility index (Phi) is 5.46. The van der Waals surface area contributed by atoms with E-state index in [9.17, 15) is 0 Å². The molecule has 0 aromatic carbocycles. The van der Waals surface area contributed by atoms with Gasteiger partial charge in [0, 0.05) is 18.8 Å². The van der Waals surface area contributed by atoms with Gasteiger partial charge >= 0.3 is 8.56 Å². The number of ether oxygens (including phenoxy) is 1. The highest BCUT2D eigenvalue weighted by Crippen LogP contribution is 2.46. The molecule has 0 spiro atoms. The van der Waals surface area contributed by atoms with Gasteiger partial charge in [-0.15, -0.1) is 0 Å². The number of rotatable bonds is 8. The van der Waals surface area contributed by atoms with E-state index < -0.39 is 8.56 Å². The summed E-state index contributed by atoms with van der Waals surface area (Å²) < 4.78 is 18.1. The number of hydrogen-bond acceptors (Lipinski definition) is 3. The van der Waals surface area contributed by atoms with Crippen LogP contribution in [0.25, 0.3) is 0 Å². The third kappa shape index (κ3) is 3.81. The summed E-state index contributed by atoms with van der Waals surface area (Å²) in [6, 6.07) is 0. The van der Waals surface area contributed by atoms with Crippen molar-refractivity contribution in [1.82, 2.24) is 0 Å². The number of epoxide rings is 1. The van der Waals surface area contributed by atoms with Gasteiger partial charge in [0.05, 0.1) is 12.2 Å². The minimum Gasteiger partial charge on any atom is -0.394 e. The van der Waals surface area contributed by atoms with Gasteiger partial charge in [0.2, 0.25) is 0 Å². The molecule has 1 aliphatic carbocycles. The van der Waals surface area contributed by atoms with E-state index in [0.29, 0.717) is 17.7 Å². The van der Waals surface area contributed by atoms with Crippen molar-refractivity contribution < 1.29 is 13.6 Å². The second-order valence-corrected chi connectivity index (χ2v) is 9.81. The average Bonchev–Trinajstić information content (AvgIpc) is 3.20. The third-order valence-electron chi connectivity index (χ3n) is 4.76. The lowest BCUT2D eigenvalue weighted by molar-refractivity contribution is 0.152. The van der Waals surface area contributed by atoms with Crippen molar-refractivity contribution in [3.8, 4) is 0 Å². The lowest BCUT2D eigenvalue weighted by atomic mass is 9.87. The molecule has 112 valence electrons. The van der Waals surface area contributed by atoms with Crippen LogP contribution in [-0.4, -0.2) is 34.0 Å². The van der Waals surface area contributed by atoms with Gasteiger partial charge in [-0.05, 0) is 44.6 Å². The second kappa shape index (κ2) is 6.70. The van der Waals surface area contributed by atoms with E-state index in [-0.39, 0.29) is 0 Å². The van der Waals surface area contributed by atoms with Crippen molar-refractivity contribution in [3.05, 3.63) is 0 Å². The molecule has 0 N–H and O–H groups in total. The topological polar surface area (TPSA) is 31.0 Å². The zero-order chi connectivity index (χ0) is 13.9. The fourth-order valence-corrected chi connectivity index (χ4v) is 6.22. The van der Waals surface area contributed by atoms with Gasteiger partial charge in [-0.2, -0.15) is 0 Å². The van der Waals surface area contributed by atoms with E-state index >= 15 is 0 Å². The molecule has 2 fully saturated rings. The van der Waals surface area contributed by atoms with Gasteiger partial charge in [0.25, 0.3) is 0 Å². The highest BCUT2D eigenvalue weighted by atomic mass is 28.4. The average molecular weight is 286 g/mol. The summed E-state index contributed by atoms with van der Waals surface area (Å²) in [7, 11) is -2.05. The molecule has 0 bridgehead atoms.